The van der Waals surface area contributed by atoms with Gasteiger partial charge in [0, 0.05) is 11.9 Å². The molecule has 0 bridgehead atoms. The monoisotopic (exact) mass is 278 g/mol. The molecule has 0 aliphatic rings. The molecular formula is C16H20F2N2. The Morgan fingerprint density at radius 3 is 2.55 bits per heavy atom. The number of nitrogens with zero attached hydrogens (tertiary/aromatic N) is 1. The van der Waals surface area contributed by atoms with Crippen molar-refractivity contribution in [2.45, 2.75) is 40.0 Å². The van der Waals surface area contributed by atoms with Crippen LogP contribution in [0, 0.1) is 18.6 Å². The van der Waals surface area contributed by atoms with Crippen molar-refractivity contribution in [1.82, 2.24) is 4.98 Å². The minimum Gasteiger partial charge on any atom is -0.370 e. The normalized spacial score (nSPS) is 11.1. The van der Waals surface area contributed by atoms with Crippen LogP contribution in [0.3, 0.4) is 0 Å². The van der Waals surface area contributed by atoms with E-state index < -0.39 is 5.82 Å². The Kier molecular flexibility index (Phi) is 4.53. The molecule has 1 aromatic carbocycles. The van der Waals surface area contributed by atoms with Crippen LogP contribution in [-0.2, 0) is 6.42 Å². The van der Waals surface area contributed by atoms with Crippen molar-refractivity contribution in [2.75, 3.05) is 11.9 Å². The molecule has 108 valence electrons. The van der Waals surface area contributed by atoms with Gasteiger partial charge < -0.3 is 5.32 Å². The van der Waals surface area contributed by atoms with Crippen LogP contribution in [0.2, 0.25) is 0 Å². The van der Waals surface area contributed by atoms with Gasteiger partial charge in [0.2, 0.25) is 0 Å². The van der Waals surface area contributed by atoms with Crippen LogP contribution in [0.1, 0.15) is 37.8 Å². The first-order valence-corrected chi connectivity index (χ1v) is 7.10. The van der Waals surface area contributed by atoms with E-state index in [2.05, 4.69) is 24.1 Å². The van der Waals surface area contributed by atoms with Gasteiger partial charge in [-0.25, -0.2) is 13.8 Å². The van der Waals surface area contributed by atoms with Gasteiger partial charge in [-0.05, 0) is 43.0 Å². The number of hydrogen-bond acceptors (Lipinski definition) is 2. The van der Waals surface area contributed by atoms with Gasteiger partial charge in [0.1, 0.15) is 23.0 Å². The molecule has 0 aliphatic carbocycles. The van der Waals surface area contributed by atoms with E-state index in [1.165, 1.54) is 6.07 Å². The molecule has 1 N–H and O–H groups in total. The van der Waals surface area contributed by atoms with Crippen molar-refractivity contribution in [3.63, 3.8) is 0 Å². The van der Waals surface area contributed by atoms with Gasteiger partial charge in [0.05, 0.1) is 0 Å². The van der Waals surface area contributed by atoms with Crippen molar-refractivity contribution in [1.29, 1.82) is 0 Å². The Morgan fingerprint density at radius 2 is 1.90 bits per heavy atom. The van der Waals surface area contributed by atoms with Crippen molar-refractivity contribution in [3.05, 3.63) is 34.9 Å². The van der Waals surface area contributed by atoms with Crippen LogP contribution < -0.4 is 5.32 Å². The molecular weight excluding hydrogens is 258 g/mol. The van der Waals surface area contributed by atoms with Crippen molar-refractivity contribution < 1.29 is 8.78 Å². The third kappa shape index (κ3) is 2.74. The van der Waals surface area contributed by atoms with Gasteiger partial charge in [-0.15, -0.1) is 0 Å². The van der Waals surface area contributed by atoms with E-state index >= 15 is 0 Å². The second-order valence-corrected chi connectivity index (χ2v) is 5.06. The molecule has 0 fully saturated rings. The second kappa shape index (κ2) is 6.16. The molecule has 0 radical (unpaired) electrons. The maximum absolute atomic E-state index is 14.2. The molecule has 2 aromatic rings. The number of aromatic nitrogens is 1. The average Bonchev–Trinajstić information content (AvgIpc) is 2.43. The van der Waals surface area contributed by atoms with E-state index in [1.54, 1.807) is 13.0 Å². The highest BCUT2D eigenvalue weighted by molar-refractivity contribution is 5.83. The summed E-state index contributed by atoms with van der Waals surface area (Å²) in [6.07, 6.45) is 2.68. The van der Waals surface area contributed by atoms with Crippen LogP contribution >= 0.6 is 0 Å². The zero-order valence-electron chi connectivity index (χ0n) is 12.2. The SMILES string of the molecule is CCCNc1nc2c(F)cc(C)c(F)c2cc1CCC. The fourth-order valence-electron chi connectivity index (χ4n) is 2.29. The largest absolute Gasteiger partial charge is 0.370 e. The van der Waals surface area contributed by atoms with Gasteiger partial charge in [0.25, 0.3) is 0 Å². The van der Waals surface area contributed by atoms with Crippen molar-refractivity contribution in [3.8, 4) is 0 Å². The molecule has 0 saturated carbocycles. The maximum atomic E-state index is 14.2. The molecule has 0 aliphatic heterocycles. The highest BCUT2D eigenvalue weighted by Crippen LogP contribution is 2.27. The van der Waals surface area contributed by atoms with Crippen LogP contribution in [0.5, 0.6) is 0 Å². The summed E-state index contributed by atoms with van der Waals surface area (Å²) in [6, 6.07) is 2.93. The minimum atomic E-state index is -0.471. The highest BCUT2D eigenvalue weighted by Gasteiger charge is 2.14. The van der Waals surface area contributed by atoms with Crippen LogP contribution in [-0.4, -0.2) is 11.5 Å². The maximum Gasteiger partial charge on any atom is 0.149 e. The first kappa shape index (κ1) is 14.7. The summed E-state index contributed by atoms with van der Waals surface area (Å²) in [5, 5.41) is 3.47. The zero-order chi connectivity index (χ0) is 14.7. The number of hydrogen-bond donors (Lipinski definition) is 1. The van der Waals surface area contributed by atoms with Gasteiger partial charge in [0.15, 0.2) is 0 Å². The number of halogens is 2. The van der Waals surface area contributed by atoms with E-state index in [1.807, 2.05) is 0 Å². The van der Waals surface area contributed by atoms with Gasteiger partial charge in [-0.3, -0.25) is 0 Å². The summed E-state index contributed by atoms with van der Waals surface area (Å²) in [5.74, 6) is -0.182. The lowest BCUT2D eigenvalue weighted by atomic mass is 10.0. The number of benzene rings is 1. The quantitative estimate of drug-likeness (QED) is 0.864. The van der Waals surface area contributed by atoms with E-state index in [-0.39, 0.29) is 16.7 Å². The summed E-state index contributed by atoms with van der Waals surface area (Å²) >= 11 is 0. The smallest absolute Gasteiger partial charge is 0.149 e. The molecule has 1 aromatic heterocycles. The van der Waals surface area contributed by atoms with E-state index in [0.717, 1.165) is 31.4 Å². The lowest BCUT2D eigenvalue weighted by Crippen LogP contribution is -2.07. The number of aryl methyl sites for hydroxylation is 2. The lowest BCUT2D eigenvalue weighted by molar-refractivity contribution is 0.607. The summed E-state index contributed by atoms with van der Waals surface area (Å²) < 4.78 is 28.1. The number of pyridine rings is 1. The van der Waals surface area contributed by atoms with Gasteiger partial charge in [-0.1, -0.05) is 20.3 Å². The molecule has 1 heterocycles. The molecule has 4 heteroatoms. The number of rotatable bonds is 5. The molecule has 2 rings (SSSR count). The first-order valence-electron chi connectivity index (χ1n) is 7.10. The third-order valence-corrected chi connectivity index (χ3v) is 3.32. The Bertz CT molecular complexity index is 624. The first-order chi connectivity index (χ1) is 9.58. The average molecular weight is 278 g/mol. The van der Waals surface area contributed by atoms with Crippen molar-refractivity contribution in [2.24, 2.45) is 0 Å². The minimum absolute atomic E-state index is 0.103. The lowest BCUT2D eigenvalue weighted by Gasteiger charge is -2.13. The highest BCUT2D eigenvalue weighted by atomic mass is 19.1. The van der Waals surface area contributed by atoms with Crippen molar-refractivity contribution >= 4 is 16.7 Å². The molecule has 0 spiro atoms. The number of fused-ring (bicyclic) bond motifs is 1. The van der Waals surface area contributed by atoms with Crippen LogP contribution in [0.25, 0.3) is 10.9 Å². The summed E-state index contributed by atoms with van der Waals surface area (Å²) in [5.41, 5.74) is 1.36. The van der Waals surface area contributed by atoms with Gasteiger partial charge >= 0.3 is 0 Å². The number of anilines is 1. The summed E-state index contributed by atoms with van der Waals surface area (Å²) in [4.78, 5) is 4.31. The van der Waals surface area contributed by atoms with Gasteiger partial charge in [-0.2, -0.15) is 0 Å². The Morgan fingerprint density at radius 1 is 1.15 bits per heavy atom. The molecule has 2 nitrogen and oxygen atoms in total. The fraction of sp³-hybridized carbons (Fsp3) is 0.438. The number of nitrogens with one attached hydrogen (secondary N) is 1. The molecule has 20 heavy (non-hydrogen) atoms. The molecule has 0 amide bonds. The standard InChI is InChI=1S/C16H20F2N2/c1-4-6-11-9-12-14(18)10(3)8-13(17)15(12)20-16(11)19-7-5-2/h8-9H,4-7H2,1-3H3,(H,19,20). The summed E-state index contributed by atoms with van der Waals surface area (Å²) in [7, 11) is 0. The zero-order valence-corrected chi connectivity index (χ0v) is 12.2. The van der Waals surface area contributed by atoms with E-state index in [9.17, 15) is 8.78 Å². The Labute approximate surface area is 118 Å². The fourth-order valence-corrected chi connectivity index (χ4v) is 2.29. The Balaban J connectivity index is 2.64. The molecule has 0 unspecified atom stereocenters. The topological polar surface area (TPSA) is 24.9 Å². The van der Waals surface area contributed by atoms with Crippen LogP contribution in [0.4, 0.5) is 14.6 Å². The second-order valence-electron chi connectivity index (χ2n) is 5.06. The molecule has 0 atom stereocenters. The predicted octanol–water partition coefficient (Wildman–Crippen LogP) is 4.60. The van der Waals surface area contributed by atoms with Crippen LogP contribution in [0.15, 0.2) is 12.1 Å². The summed E-state index contributed by atoms with van der Waals surface area (Å²) in [6.45, 7) is 6.45. The molecule has 0 saturated heterocycles. The third-order valence-electron chi connectivity index (χ3n) is 3.32. The van der Waals surface area contributed by atoms with E-state index in [4.69, 9.17) is 0 Å². The predicted molar refractivity (Wildman–Crippen MR) is 79.2 cm³/mol. The van der Waals surface area contributed by atoms with E-state index in [0.29, 0.717) is 11.4 Å². The Hall–Kier alpha value is -1.71.